The minimum atomic E-state index is 0.00336. The van der Waals surface area contributed by atoms with Gasteiger partial charge in [-0.25, -0.2) is 0 Å². The molecule has 0 spiro atoms. The summed E-state index contributed by atoms with van der Waals surface area (Å²) in [7, 11) is 0. The van der Waals surface area contributed by atoms with Crippen LogP contribution in [0.5, 0.6) is 0 Å². The van der Waals surface area contributed by atoms with Crippen LogP contribution in [0.15, 0.2) is 0 Å². The zero-order valence-corrected chi connectivity index (χ0v) is 10.5. The Labute approximate surface area is 89.2 Å². The molecule has 0 aliphatic carbocycles. The average molecular weight is 201 g/mol. The molecule has 2 nitrogen and oxygen atoms in total. The van der Waals surface area contributed by atoms with Gasteiger partial charge in [0.1, 0.15) is 0 Å². The molecule has 0 heterocycles. The van der Waals surface area contributed by atoms with Gasteiger partial charge in [0.25, 0.3) is 0 Å². The highest BCUT2D eigenvalue weighted by atomic mass is 16.5. The smallest absolute Gasteiger partial charge is 0.0598 e. The Morgan fingerprint density at radius 1 is 1.00 bits per heavy atom. The molecule has 0 atom stereocenters. The van der Waals surface area contributed by atoms with Crippen molar-refractivity contribution in [1.82, 2.24) is 0 Å². The van der Waals surface area contributed by atoms with Crippen molar-refractivity contribution in [3.05, 3.63) is 0 Å². The Morgan fingerprint density at radius 2 is 1.57 bits per heavy atom. The molecular weight excluding hydrogens is 174 g/mol. The summed E-state index contributed by atoms with van der Waals surface area (Å²) in [6.07, 6.45) is 3.54. The Bertz CT molecular complexity index is 147. The average Bonchev–Trinajstić information content (AvgIpc) is 2.01. The Hall–Kier alpha value is -0.0800. The minimum Gasteiger partial charge on any atom is -0.376 e. The number of hydrogen-bond donors (Lipinski definition) is 1. The molecule has 0 bridgehead atoms. The lowest BCUT2D eigenvalue weighted by Gasteiger charge is -2.23. The maximum atomic E-state index is 5.66. The zero-order valence-electron chi connectivity index (χ0n) is 10.5. The molecule has 0 saturated carbocycles. The maximum absolute atomic E-state index is 5.66. The summed E-state index contributed by atoms with van der Waals surface area (Å²) in [5.74, 6) is 0. The predicted octanol–water partition coefficient (Wildman–Crippen LogP) is 2.96. The van der Waals surface area contributed by atoms with Gasteiger partial charge in [0.15, 0.2) is 0 Å². The van der Waals surface area contributed by atoms with E-state index in [1.165, 1.54) is 12.8 Å². The molecule has 0 aromatic rings. The lowest BCUT2D eigenvalue weighted by molar-refractivity contribution is -0.00537. The minimum absolute atomic E-state index is 0.00336. The molecule has 2 N–H and O–H groups in total. The second-order valence-corrected chi connectivity index (χ2v) is 5.79. The summed E-state index contributed by atoms with van der Waals surface area (Å²) < 4.78 is 5.65. The third-order valence-corrected chi connectivity index (χ3v) is 2.34. The molecule has 0 aromatic heterocycles. The first-order valence-electron chi connectivity index (χ1n) is 5.61. The molecular formula is C12H27NO. The van der Waals surface area contributed by atoms with Crippen molar-refractivity contribution in [2.24, 2.45) is 11.1 Å². The highest BCUT2D eigenvalue weighted by molar-refractivity contribution is 4.69. The van der Waals surface area contributed by atoms with Crippen molar-refractivity contribution < 1.29 is 4.74 Å². The summed E-state index contributed by atoms with van der Waals surface area (Å²) in [5.41, 5.74) is 5.96. The van der Waals surface area contributed by atoms with Gasteiger partial charge in [0, 0.05) is 6.61 Å². The predicted molar refractivity (Wildman–Crippen MR) is 62.4 cm³/mol. The number of nitrogens with two attached hydrogens (primary N) is 1. The molecule has 0 unspecified atom stereocenters. The van der Waals surface area contributed by atoms with E-state index in [2.05, 4.69) is 34.6 Å². The van der Waals surface area contributed by atoms with Crippen LogP contribution < -0.4 is 5.73 Å². The van der Waals surface area contributed by atoms with E-state index in [9.17, 15) is 0 Å². The standard InChI is InChI=1S/C12H27NO/c1-11(2,3)14-9-7-6-8-12(4,5)10-13/h6-10,13H2,1-5H3. The lowest BCUT2D eigenvalue weighted by atomic mass is 9.87. The molecule has 0 aliphatic heterocycles. The topological polar surface area (TPSA) is 35.2 Å². The first-order valence-corrected chi connectivity index (χ1v) is 5.61. The van der Waals surface area contributed by atoms with Gasteiger partial charge in [0.2, 0.25) is 0 Å². The molecule has 86 valence electrons. The van der Waals surface area contributed by atoms with E-state index < -0.39 is 0 Å². The molecule has 0 saturated heterocycles. The molecule has 14 heavy (non-hydrogen) atoms. The first kappa shape index (κ1) is 13.9. The molecule has 0 rings (SSSR count). The highest BCUT2D eigenvalue weighted by Crippen LogP contribution is 2.21. The van der Waals surface area contributed by atoms with Gasteiger partial charge < -0.3 is 10.5 Å². The van der Waals surface area contributed by atoms with Crippen molar-refractivity contribution in [3.8, 4) is 0 Å². The monoisotopic (exact) mass is 201 g/mol. The van der Waals surface area contributed by atoms with Gasteiger partial charge in [-0.15, -0.1) is 0 Å². The maximum Gasteiger partial charge on any atom is 0.0598 e. The van der Waals surface area contributed by atoms with Crippen LogP contribution in [0.3, 0.4) is 0 Å². The van der Waals surface area contributed by atoms with Gasteiger partial charge in [0.05, 0.1) is 5.60 Å². The quantitative estimate of drug-likeness (QED) is 0.671. The van der Waals surface area contributed by atoms with Crippen LogP contribution in [-0.4, -0.2) is 18.8 Å². The summed E-state index contributed by atoms with van der Waals surface area (Å²) in [6.45, 7) is 12.4. The molecule has 0 fully saturated rings. The Balaban J connectivity index is 3.39. The fraction of sp³-hybridized carbons (Fsp3) is 1.00. The van der Waals surface area contributed by atoms with Gasteiger partial charge in [-0.3, -0.25) is 0 Å². The van der Waals surface area contributed by atoms with Crippen LogP contribution in [0.2, 0.25) is 0 Å². The van der Waals surface area contributed by atoms with Crippen LogP contribution in [0.25, 0.3) is 0 Å². The lowest BCUT2D eigenvalue weighted by Crippen LogP contribution is -2.24. The fourth-order valence-corrected chi connectivity index (χ4v) is 1.19. The second-order valence-electron chi connectivity index (χ2n) is 5.79. The van der Waals surface area contributed by atoms with Gasteiger partial charge in [-0.2, -0.15) is 0 Å². The highest BCUT2D eigenvalue weighted by Gasteiger charge is 2.15. The molecule has 0 amide bonds. The normalized spacial score (nSPS) is 13.3. The van der Waals surface area contributed by atoms with Gasteiger partial charge in [-0.1, -0.05) is 20.3 Å². The second kappa shape index (κ2) is 5.72. The summed E-state index contributed by atoms with van der Waals surface area (Å²) in [5, 5.41) is 0. The summed E-state index contributed by atoms with van der Waals surface area (Å²) >= 11 is 0. The number of hydrogen-bond acceptors (Lipinski definition) is 2. The van der Waals surface area contributed by atoms with Crippen molar-refractivity contribution in [2.45, 2.75) is 59.5 Å². The summed E-state index contributed by atoms with van der Waals surface area (Å²) in [6, 6.07) is 0. The van der Waals surface area contributed by atoms with Crippen molar-refractivity contribution in [3.63, 3.8) is 0 Å². The number of ether oxygens (including phenoxy) is 1. The molecule has 0 aromatic carbocycles. The fourth-order valence-electron chi connectivity index (χ4n) is 1.19. The van der Waals surface area contributed by atoms with Crippen molar-refractivity contribution in [2.75, 3.05) is 13.2 Å². The third kappa shape index (κ3) is 8.52. The Morgan fingerprint density at radius 3 is 2.00 bits per heavy atom. The summed E-state index contributed by atoms with van der Waals surface area (Å²) in [4.78, 5) is 0. The van der Waals surface area contributed by atoms with E-state index in [1.54, 1.807) is 0 Å². The third-order valence-electron chi connectivity index (χ3n) is 2.34. The molecule has 0 aliphatic rings. The van der Waals surface area contributed by atoms with Crippen LogP contribution >= 0.6 is 0 Å². The van der Waals surface area contributed by atoms with E-state index in [1.807, 2.05) is 0 Å². The molecule has 0 radical (unpaired) electrons. The Kier molecular flexibility index (Phi) is 5.68. The number of unbranched alkanes of at least 4 members (excludes halogenated alkanes) is 1. The van der Waals surface area contributed by atoms with Crippen LogP contribution in [-0.2, 0) is 4.74 Å². The van der Waals surface area contributed by atoms with Crippen LogP contribution in [0.4, 0.5) is 0 Å². The van der Waals surface area contributed by atoms with Gasteiger partial charge >= 0.3 is 0 Å². The SMILES string of the molecule is CC(C)(CN)CCCCOC(C)(C)C. The van der Waals surface area contributed by atoms with Crippen molar-refractivity contribution in [1.29, 1.82) is 0 Å². The van der Waals surface area contributed by atoms with E-state index >= 15 is 0 Å². The number of rotatable bonds is 6. The van der Waals surface area contributed by atoms with E-state index in [0.717, 1.165) is 19.6 Å². The zero-order chi connectivity index (χ0) is 11.2. The van der Waals surface area contributed by atoms with Crippen LogP contribution in [0, 0.1) is 5.41 Å². The first-order chi connectivity index (χ1) is 6.27. The van der Waals surface area contributed by atoms with Gasteiger partial charge in [-0.05, 0) is 45.6 Å². The van der Waals surface area contributed by atoms with Crippen molar-refractivity contribution >= 4 is 0 Å². The van der Waals surface area contributed by atoms with E-state index in [-0.39, 0.29) is 5.60 Å². The van der Waals surface area contributed by atoms with Crippen LogP contribution in [0.1, 0.15) is 53.9 Å². The largest absolute Gasteiger partial charge is 0.376 e. The van der Waals surface area contributed by atoms with E-state index in [4.69, 9.17) is 10.5 Å². The van der Waals surface area contributed by atoms with E-state index in [0.29, 0.717) is 5.41 Å². The molecule has 2 heteroatoms.